The Morgan fingerprint density at radius 2 is 1.65 bits per heavy atom. The molecule has 2 aromatic carbocycles. The predicted molar refractivity (Wildman–Crippen MR) is 96.9 cm³/mol. The van der Waals surface area contributed by atoms with Crippen molar-refractivity contribution < 1.29 is 8.42 Å². The predicted octanol–water partition coefficient (Wildman–Crippen LogP) is 4.01. The first-order valence-electron chi connectivity index (χ1n) is 8.29. The van der Waals surface area contributed by atoms with Gasteiger partial charge in [-0.3, -0.25) is 0 Å². The molecule has 5 heteroatoms. The maximum Gasteiger partial charge on any atom is 0.243 e. The van der Waals surface area contributed by atoms with Crippen molar-refractivity contribution in [3.8, 4) is 0 Å². The van der Waals surface area contributed by atoms with E-state index >= 15 is 0 Å². The van der Waals surface area contributed by atoms with Gasteiger partial charge in [0.1, 0.15) is 0 Å². The van der Waals surface area contributed by atoms with Crippen molar-refractivity contribution in [1.29, 1.82) is 0 Å². The van der Waals surface area contributed by atoms with E-state index < -0.39 is 10.0 Å². The van der Waals surface area contributed by atoms with Crippen LogP contribution in [-0.4, -0.2) is 25.8 Å². The first-order valence-corrected chi connectivity index (χ1v) is 9.73. The maximum absolute atomic E-state index is 13.0. The van der Waals surface area contributed by atoms with Gasteiger partial charge in [0.2, 0.25) is 10.0 Å². The highest BCUT2D eigenvalue weighted by atomic mass is 32.2. The zero-order valence-electron chi connectivity index (χ0n) is 14.0. The van der Waals surface area contributed by atoms with Gasteiger partial charge in [0.05, 0.1) is 4.90 Å². The van der Waals surface area contributed by atoms with Crippen molar-refractivity contribution in [2.24, 2.45) is 0 Å². The molecule has 2 rings (SSSR count). The van der Waals surface area contributed by atoms with Gasteiger partial charge in [0.15, 0.2) is 0 Å². The van der Waals surface area contributed by atoms with Gasteiger partial charge in [-0.25, -0.2) is 8.42 Å². The lowest BCUT2D eigenvalue weighted by Crippen LogP contribution is -2.33. The largest absolute Gasteiger partial charge is 0.398 e. The number of anilines is 1. The minimum Gasteiger partial charge on any atom is -0.398 e. The number of rotatable bonds is 8. The molecule has 2 N–H and O–H groups in total. The Hall–Kier alpha value is -1.59. The monoisotopic (exact) mass is 334 g/mol. The summed E-state index contributed by atoms with van der Waals surface area (Å²) < 4.78 is 27.6. The summed E-state index contributed by atoms with van der Waals surface area (Å²) in [7, 11) is -3.48. The summed E-state index contributed by atoms with van der Waals surface area (Å²) in [4.78, 5) is 0.329. The molecule has 0 heterocycles. The lowest BCUT2D eigenvalue weighted by Gasteiger charge is -2.22. The zero-order valence-corrected chi connectivity index (χ0v) is 14.8. The molecule has 0 unspecified atom stereocenters. The number of unbranched alkanes of at least 4 members (excludes halogenated alkanes) is 2. The van der Waals surface area contributed by atoms with Crippen molar-refractivity contribution in [3.05, 3.63) is 36.4 Å². The molecule has 0 saturated heterocycles. The van der Waals surface area contributed by atoms with E-state index in [1.807, 2.05) is 18.2 Å². The molecule has 0 spiro atoms. The first-order chi connectivity index (χ1) is 11.0. The van der Waals surface area contributed by atoms with E-state index in [1.54, 1.807) is 22.5 Å². The van der Waals surface area contributed by atoms with Crippen molar-refractivity contribution in [2.75, 3.05) is 18.8 Å². The van der Waals surface area contributed by atoms with E-state index in [1.165, 1.54) is 0 Å². The number of hydrogen-bond acceptors (Lipinski definition) is 3. The Bertz CT molecular complexity index is 749. The van der Waals surface area contributed by atoms with Crippen LogP contribution in [0.5, 0.6) is 0 Å². The minimum atomic E-state index is -3.48. The average Bonchev–Trinajstić information content (AvgIpc) is 2.55. The number of fused-ring (bicyclic) bond motifs is 1. The summed E-state index contributed by atoms with van der Waals surface area (Å²) in [5.41, 5.74) is 6.60. The molecule has 0 radical (unpaired) electrons. The Morgan fingerprint density at radius 3 is 2.26 bits per heavy atom. The molecule has 4 nitrogen and oxygen atoms in total. The maximum atomic E-state index is 13.0. The Kier molecular flexibility index (Phi) is 6.02. The minimum absolute atomic E-state index is 0.329. The molecule has 0 aliphatic carbocycles. The third-order valence-electron chi connectivity index (χ3n) is 4.05. The molecule has 126 valence electrons. The number of hydrogen-bond donors (Lipinski definition) is 1. The summed E-state index contributed by atoms with van der Waals surface area (Å²) in [6, 6.07) is 10.8. The van der Waals surface area contributed by atoms with E-state index in [9.17, 15) is 8.42 Å². The van der Waals surface area contributed by atoms with Gasteiger partial charge in [-0.1, -0.05) is 44.9 Å². The summed E-state index contributed by atoms with van der Waals surface area (Å²) in [5.74, 6) is 0. The third kappa shape index (κ3) is 4.03. The molecule has 0 atom stereocenters. The number of nitrogens with two attached hydrogens (primary N) is 1. The van der Waals surface area contributed by atoms with Crippen molar-refractivity contribution in [3.63, 3.8) is 0 Å². The van der Waals surface area contributed by atoms with Gasteiger partial charge >= 0.3 is 0 Å². The highest BCUT2D eigenvalue weighted by molar-refractivity contribution is 7.89. The highest BCUT2D eigenvalue weighted by Gasteiger charge is 2.23. The molecule has 2 aromatic rings. The molecule has 0 aromatic heterocycles. The van der Waals surface area contributed by atoms with Crippen LogP contribution in [-0.2, 0) is 10.0 Å². The van der Waals surface area contributed by atoms with Gasteiger partial charge in [0.25, 0.3) is 0 Å². The fraction of sp³-hybridized carbons (Fsp3) is 0.444. The van der Waals surface area contributed by atoms with Gasteiger partial charge in [0, 0.05) is 24.2 Å². The second-order valence-electron chi connectivity index (χ2n) is 5.84. The summed E-state index contributed by atoms with van der Waals surface area (Å²) >= 11 is 0. The molecule has 0 amide bonds. The number of nitrogen functional groups attached to an aromatic ring is 1. The van der Waals surface area contributed by atoms with Crippen LogP contribution in [0.2, 0.25) is 0 Å². The van der Waals surface area contributed by atoms with E-state index in [0.717, 1.165) is 36.5 Å². The van der Waals surface area contributed by atoms with Gasteiger partial charge < -0.3 is 5.73 Å². The first kappa shape index (κ1) is 17.8. The number of benzene rings is 2. The SMILES string of the molecule is CCCCN(CCCC)S(=O)(=O)c1ccc2cccc(N)c2c1. The van der Waals surface area contributed by atoms with Crippen LogP contribution in [0, 0.1) is 0 Å². The standard InChI is InChI=1S/C18H26N2O2S/c1-3-5-12-20(13-6-4-2)23(21,22)16-11-10-15-8-7-9-18(19)17(15)14-16/h7-11,14H,3-6,12-13,19H2,1-2H3. The molecular formula is C18H26N2O2S. The van der Waals surface area contributed by atoms with Crippen LogP contribution < -0.4 is 5.73 Å². The van der Waals surface area contributed by atoms with Gasteiger partial charge in [-0.05, 0) is 36.4 Å². The lowest BCUT2D eigenvalue weighted by atomic mass is 10.1. The van der Waals surface area contributed by atoms with Crippen LogP contribution in [0.15, 0.2) is 41.3 Å². The van der Waals surface area contributed by atoms with Crippen LogP contribution >= 0.6 is 0 Å². The third-order valence-corrected chi connectivity index (χ3v) is 5.94. The topological polar surface area (TPSA) is 63.4 Å². The van der Waals surface area contributed by atoms with Crippen molar-refractivity contribution >= 4 is 26.5 Å². The Morgan fingerprint density at radius 1 is 1.00 bits per heavy atom. The van der Waals surface area contributed by atoms with Crippen molar-refractivity contribution in [1.82, 2.24) is 4.31 Å². The van der Waals surface area contributed by atoms with E-state index in [2.05, 4.69) is 13.8 Å². The fourth-order valence-corrected chi connectivity index (χ4v) is 4.15. The molecule has 0 saturated carbocycles. The lowest BCUT2D eigenvalue weighted by molar-refractivity contribution is 0.395. The molecule has 0 fully saturated rings. The van der Waals surface area contributed by atoms with E-state index in [4.69, 9.17) is 5.73 Å². The molecule has 0 aliphatic rings. The Balaban J connectivity index is 2.41. The molecule has 0 bridgehead atoms. The second kappa shape index (κ2) is 7.79. The van der Waals surface area contributed by atoms with Crippen LogP contribution in [0.4, 0.5) is 5.69 Å². The smallest absolute Gasteiger partial charge is 0.243 e. The van der Waals surface area contributed by atoms with Gasteiger partial charge in [-0.2, -0.15) is 4.31 Å². The van der Waals surface area contributed by atoms with Crippen LogP contribution in [0.25, 0.3) is 10.8 Å². The number of sulfonamides is 1. The molecular weight excluding hydrogens is 308 g/mol. The number of nitrogens with zero attached hydrogens (tertiary/aromatic N) is 1. The van der Waals surface area contributed by atoms with Gasteiger partial charge in [-0.15, -0.1) is 0 Å². The zero-order chi connectivity index (χ0) is 16.9. The average molecular weight is 334 g/mol. The molecule has 0 aliphatic heterocycles. The van der Waals surface area contributed by atoms with Crippen LogP contribution in [0.3, 0.4) is 0 Å². The van der Waals surface area contributed by atoms with Crippen molar-refractivity contribution in [2.45, 2.75) is 44.4 Å². The van der Waals surface area contributed by atoms with Crippen LogP contribution in [0.1, 0.15) is 39.5 Å². The normalized spacial score (nSPS) is 12.1. The Labute approximate surface area is 139 Å². The van der Waals surface area contributed by atoms with E-state index in [0.29, 0.717) is 23.7 Å². The summed E-state index contributed by atoms with van der Waals surface area (Å²) in [6.07, 6.45) is 3.70. The molecule has 23 heavy (non-hydrogen) atoms. The summed E-state index contributed by atoms with van der Waals surface area (Å²) in [5, 5.41) is 1.75. The summed E-state index contributed by atoms with van der Waals surface area (Å²) in [6.45, 7) is 5.28. The second-order valence-corrected chi connectivity index (χ2v) is 7.78. The fourth-order valence-electron chi connectivity index (χ4n) is 2.61. The quantitative estimate of drug-likeness (QED) is 0.742. The highest BCUT2D eigenvalue weighted by Crippen LogP contribution is 2.26. The van der Waals surface area contributed by atoms with E-state index in [-0.39, 0.29) is 0 Å².